The van der Waals surface area contributed by atoms with Crippen LogP contribution in [0.2, 0.25) is 0 Å². The quantitative estimate of drug-likeness (QED) is 0.440. The summed E-state index contributed by atoms with van der Waals surface area (Å²) < 4.78 is 23.9. The van der Waals surface area contributed by atoms with E-state index in [0.29, 0.717) is 35.7 Å². The molecule has 0 unspecified atom stereocenters. The number of hydrogen-bond donors (Lipinski definition) is 3. The fourth-order valence-electron chi connectivity index (χ4n) is 2.67. The Morgan fingerprint density at radius 1 is 1.17 bits per heavy atom. The van der Waals surface area contributed by atoms with E-state index >= 15 is 0 Å². The summed E-state index contributed by atoms with van der Waals surface area (Å²) in [6.45, 7) is 4.48. The molecule has 0 amide bonds. The number of nitrogens with one attached hydrogen (secondary N) is 2. The van der Waals surface area contributed by atoms with E-state index in [1.54, 1.807) is 18.2 Å². The summed E-state index contributed by atoms with van der Waals surface area (Å²) in [5.74, 6) is 0.517. The molecule has 7 nitrogen and oxygen atoms in total. The Bertz CT molecular complexity index is 946. The number of hydroxylamine groups is 1. The second-order valence-electron chi connectivity index (χ2n) is 6.15. The van der Waals surface area contributed by atoms with Crippen LogP contribution in [0.25, 0.3) is 11.1 Å². The maximum atomic E-state index is 12.6. The third kappa shape index (κ3) is 6.86. The van der Waals surface area contributed by atoms with Gasteiger partial charge in [0.25, 0.3) is 6.01 Å². The molecule has 158 valence electrons. The Hall–Kier alpha value is -2.39. The minimum Gasteiger partial charge on any atom is -0.489 e. The van der Waals surface area contributed by atoms with E-state index in [9.17, 15) is 4.39 Å². The Morgan fingerprint density at radius 3 is 2.55 bits per heavy atom. The van der Waals surface area contributed by atoms with Gasteiger partial charge in [-0.05, 0) is 43.7 Å². The Morgan fingerprint density at radius 2 is 1.90 bits per heavy atom. The largest absolute Gasteiger partial charge is 0.489 e. The van der Waals surface area contributed by atoms with E-state index in [1.807, 2.05) is 31.5 Å². The molecule has 3 aromatic rings. The highest BCUT2D eigenvalue weighted by Gasteiger charge is 2.08. The first kappa shape index (κ1) is 24.6. The Labute approximate surface area is 180 Å². The summed E-state index contributed by atoms with van der Waals surface area (Å²) in [7, 11) is 0. The maximum Gasteiger partial charge on any atom is 0.295 e. The summed E-state index contributed by atoms with van der Waals surface area (Å²) in [5, 5.41) is 11.8. The van der Waals surface area contributed by atoms with E-state index in [2.05, 4.69) is 15.3 Å². The van der Waals surface area contributed by atoms with Crippen LogP contribution in [0.4, 0.5) is 10.4 Å². The topological polar surface area (TPSA) is 92.4 Å². The van der Waals surface area contributed by atoms with Gasteiger partial charge in [0.05, 0.1) is 6.33 Å². The number of halogens is 3. The standard InChI is InChI=1S/C19H21FN4O3.2ClH/c1-12-5-14(6-13(2)23-12)9-21-19-24-17-4-3-16(7-18(17)27-19)26-11-15(8-20)10-22-25;;/h3-8,22,25H,9-11H2,1-2H3,(H,21,24);2*1H/b15-8+;;. The molecule has 0 fully saturated rings. The number of hydrogen-bond acceptors (Lipinski definition) is 7. The molecule has 10 heteroatoms. The smallest absolute Gasteiger partial charge is 0.295 e. The van der Waals surface area contributed by atoms with Crippen molar-refractivity contribution in [1.29, 1.82) is 0 Å². The van der Waals surface area contributed by atoms with E-state index in [-0.39, 0.29) is 43.5 Å². The van der Waals surface area contributed by atoms with Crippen molar-refractivity contribution in [3.8, 4) is 5.75 Å². The highest BCUT2D eigenvalue weighted by Crippen LogP contribution is 2.24. The zero-order valence-corrected chi connectivity index (χ0v) is 17.6. The minimum atomic E-state index is -0.0108. The van der Waals surface area contributed by atoms with Crippen molar-refractivity contribution in [1.82, 2.24) is 15.4 Å². The molecule has 0 bridgehead atoms. The van der Waals surface area contributed by atoms with Crippen LogP contribution in [0.1, 0.15) is 17.0 Å². The van der Waals surface area contributed by atoms with E-state index in [1.165, 1.54) is 0 Å². The van der Waals surface area contributed by atoms with Crippen molar-refractivity contribution in [2.45, 2.75) is 20.4 Å². The molecule has 0 radical (unpaired) electrons. The van der Waals surface area contributed by atoms with Crippen molar-refractivity contribution in [3.05, 3.63) is 59.2 Å². The number of fused-ring (bicyclic) bond motifs is 1. The van der Waals surface area contributed by atoms with Crippen LogP contribution < -0.4 is 15.5 Å². The average Bonchev–Trinajstić information content (AvgIpc) is 3.05. The number of ether oxygens (including phenoxy) is 1. The molecule has 1 aromatic carbocycles. The van der Waals surface area contributed by atoms with Gasteiger partial charge < -0.3 is 19.7 Å². The first-order chi connectivity index (χ1) is 13.1. The minimum absolute atomic E-state index is 0. The average molecular weight is 445 g/mol. The first-order valence-electron chi connectivity index (χ1n) is 8.44. The molecule has 0 spiro atoms. The second-order valence-corrected chi connectivity index (χ2v) is 6.15. The molecule has 0 saturated heterocycles. The van der Waals surface area contributed by atoms with Crippen molar-refractivity contribution in [2.75, 3.05) is 18.5 Å². The lowest BCUT2D eigenvalue weighted by Crippen LogP contribution is -2.15. The molecular weight excluding hydrogens is 422 g/mol. The molecule has 0 saturated carbocycles. The van der Waals surface area contributed by atoms with Crippen LogP contribution in [0, 0.1) is 13.8 Å². The van der Waals surface area contributed by atoms with Gasteiger partial charge in [0.15, 0.2) is 5.58 Å². The van der Waals surface area contributed by atoms with Gasteiger partial charge in [-0.2, -0.15) is 4.98 Å². The summed E-state index contributed by atoms with van der Waals surface area (Å²) in [6.07, 6.45) is 0.404. The van der Waals surface area contributed by atoms with E-state index in [0.717, 1.165) is 17.0 Å². The third-order valence-corrected chi connectivity index (χ3v) is 3.83. The third-order valence-electron chi connectivity index (χ3n) is 3.83. The lowest BCUT2D eigenvalue weighted by Gasteiger charge is -2.07. The summed E-state index contributed by atoms with van der Waals surface area (Å²) >= 11 is 0. The number of nitrogens with zero attached hydrogens (tertiary/aromatic N) is 2. The highest BCUT2D eigenvalue weighted by molar-refractivity contribution is 5.85. The number of benzene rings is 1. The van der Waals surface area contributed by atoms with Crippen molar-refractivity contribution < 1.29 is 18.8 Å². The van der Waals surface area contributed by atoms with Crippen LogP contribution in [-0.2, 0) is 6.54 Å². The van der Waals surface area contributed by atoms with Gasteiger partial charge in [0.1, 0.15) is 17.9 Å². The number of anilines is 1. The Kier molecular flexibility index (Phi) is 9.84. The fourth-order valence-corrected chi connectivity index (χ4v) is 2.67. The molecule has 3 rings (SSSR count). The number of aryl methyl sites for hydroxylation is 2. The molecular formula is C19H23Cl2FN4O3. The van der Waals surface area contributed by atoms with Gasteiger partial charge in [-0.25, -0.2) is 9.87 Å². The SMILES string of the molecule is Cc1cc(CNc2nc3ccc(OC/C(=C/F)CNO)cc3o2)cc(C)n1.Cl.Cl. The normalized spacial score (nSPS) is 11.0. The van der Waals surface area contributed by atoms with Crippen molar-refractivity contribution in [2.24, 2.45) is 0 Å². The number of aromatic nitrogens is 2. The molecule has 0 aliphatic rings. The molecule has 2 aromatic heterocycles. The summed E-state index contributed by atoms with van der Waals surface area (Å²) in [6, 6.07) is 9.60. The van der Waals surface area contributed by atoms with Crippen LogP contribution >= 0.6 is 24.8 Å². The van der Waals surface area contributed by atoms with Gasteiger partial charge in [0, 0.05) is 36.1 Å². The molecule has 0 aliphatic carbocycles. The monoisotopic (exact) mass is 444 g/mol. The van der Waals surface area contributed by atoms with Crippen molar-refractivity contribution >= 4 is 41.9 Å². The van der Waals surface area contributed by atoms with Crippen LogP contribution in [0.5, 0.6) is 5.75 Å². The van der Waals surface area contributed by atoms with Crippen molar-refractivity contribution in [3.63, 3.8) is 0 Å². The van der Waals surface area contributed by atoms with Crippen LogP contribution in [0.15, 0.2) is 46.7 Å². The van der Waals surface area contributed by atoms with E-state index in [4.69, 9.17) is 14.4 Å². The lowest BCUT2D eigenvalue weighted by molar-refractivity contribution is 0.172. The molecule has 0 aliphatic heterocycles. The number of oxazole rings is 1. The zero-order valence-electron chi connectivity index (χ0n) is 15.9. The highest BCUT2D eigenvalue weighted by atomic mass is 35.5. The maximum absolute atomic E-state index is 12.6. The van der Waals surface area contributed by atoms with Crippen LogP contribution in [-0.4, -0.2) is 28.3 Å². The fraction of sp³-hybridized carbons (Fsp3) is 0.263. The van der Waals surface area contributed by atoms with Crippen LogP contribution in [0.3, 0.4) is 0 Å². The molecule has 29 heavy (non-hydrogen) atoms. The predicted molar refractivity (Wildman–Crippen MR) is 114 cm³/mol. The molecule has 2 heterocycles. The second kappa shape index (κ2) is 11.6. The van der Waals surface area contributed by atoms with Gasteiger partial charge in [0.2, 0.25) is 0 Å². The first-order valence-corrected chi connectivity index (χ1v) is 8.44. The predicted octanol–water partition coefficient (Wildman–Crippen LogP) is 4.51. The number of rotatable bonds is 8. The van der Waals surface area contributed by atoms with Gasteiger partial charge in [-0.1, -0.05) is 0 Å². The summed E-state index contributed by atoms with van der Waals surface area (Å²) in [5.41, 5.74) is 6.43. The van der Waals surface area contributed by atoms with Gasteiger partial charge in [-0.15, -0.1) is 24.8 Å². The lowest BCUT2D eigenvalue weighted by atomic mass is 10.2. The summed E-state index contributed by atoms with van der Waals surface area (Å²) in [4.78, 5) is 8.75. The van der Waals surface area contributed by atoms with Gasteiger partial charge >= 0.3 is 0 Å². The van der Waals surface area contributed by atoms with Gasteiger partial charge in [-0.3, -0.25) is 4.98 Å². The molecule has 3 N–H and O–H groups in total. The molecule has 0 atom stereocenters. The Balaban J connectivity index is 0.00000210. The zero-order chi connectivity index (χ0) is 19.2. The van der Waals surface area contributed by atoms with E-state index < -0.39 is 0 Å². The number of pyridine rings is 1.